The second kappa shape index (κ2) is 13.0. The number of fused-ring (bicyclic) bond motifs is 1. The van der Waals surface area contributed by atoms with Crippen molar-refractivity contribution in [3.05, 3.63) is 128 Å². The van der Waals surface area contributed by atoms with E-state index in [1.54, 1.807) is 30.3 Å². The Morgan fingerprint density at radius 3 is 2.50 bits per heavy atom. The predicted molar refractivity (Wildman–Crippen MR) is 165 cm³/mol. The SMILES string of the molecule is CCOC(=O)C1=C(C(F)(F)F)N=c2s/c(=C\c3cc(Br)cc(Br)c3OCc3ccccc3F)c(=O)n2[C@H]1c1ccc(Cl)cc1. The highest BCUT2D eigenvalue weighted by Crippen LogP contribution is 2.39. The van der Waals surface area contributed by atoms with Crippen molar-refractivity contribution in [2.75, 3.05) is 6.61 Å². The third-order valence-electron chi connectivity index (χ3n) is 6.43. The minimum Gasteiger partial charge on any atom is -0.487 e. The van der Waals surface area contributed by atoms with Gasteiger partial charge < -0.3 is 9.47 Å². The number of hydrogen-bond acceptors (Lipinski definition) is 6. The molecule has 228 valence electrons. The third kappa shape index (κ3) is 6.56. The molecule has 0 aliphatic carbocycles. The van der Waals surface area contributed by atoms with Gasteiger partial charge in [-0.15, -0.1) is 0 Å². The first-order valence-corrected chi connectivity index (χ1v) is 15.6. The molecule has 44 heavy (non-hydrogen) atoms. The number of benzene rings is 3. The van der Waals surface area contributed by atoms with Gasteiger partial charge in [0.15, 0.2) is 10.5 Å². The van der Waals surface area contributed by atoms with Crippen molar-refractivity contribution in [3.8, 4) is 5.75 Å². The molecule has 0 fully saturated rings. The molecule has 0 spiro atoms. The van der Waals surface area contributed by atoms with Crippen LogP contribution < -0.4 is 19.6 Å². The van der Waals surface area contributed by atoms with Crippen LogP contribution in [0.3, 0.4) is 0 Å². The van der Waals surface area contributed by atoms with E-state index in [0.29, 0.717) is 36.4 Å². The van der Waals surface area contributed by atoms with E-state index < -0.39 is 40.8 Å². The van der Waals surface area contributed by atoms with Gasteiger partial charge in [-0.25, -0.2) is 14.2 Å². The number of hydrogen-bond donors (Lipinski definition) is 0. The monoisotopic (exact) mass is 772 g/mol. The van der Waals surface area contributed by atoms with Crippen LogP contribution in [0, 0.1) is 5.82 Å². The normalized spacial score (nSPS) is 15.2. The van der Waals surface area contributed by atoms with Crippen molar-refractivity contribution < 1.29 is 31.8 Å². The van der Waals surface area contributed by atoms with E-state index in [0.717, 1.165) is 4.57 Å². The lowest BCUT2D eigenvalue weighted by molar-refractivity contribution is -0.140. The van der Waals surface area contributed by atoms with Gasteiger partial charge in [-0.05, 0) is 64.8 Å². The summed E-state index contributed by atoms with van der Waals surface area (Å²) in [6, 6.07) is 13.7. The van der Waals surface area contributed by atoms with Gasteiger partial charge in [0.1, 0.15) is 18.2 Å². The van der Waals surface area contributed by atoms with Crippen LogP contribution in [0.2, 0.25) is 5.02 Å². The molecule has 1 aliphatic rings. The number of carbonyl (C=O) groups excluding carboxylic acids is 1. The molecule has 5 rings (SSSR count). The van der Waals surface area contributed by atoms with E-state index in [2.05, 4.69) is 36.9 Å². The first kappa shape index (κ1) is 32.1. The van der Waals surface area contributed by atoms with Crippen LogP contribution in [0.15, 0.2) is 90.7 Å². The van der Waals surface area contributed by atoms with Crippen molar-refractivity contribution in [2.45, 2.75) is 25.7 Å². The summed E-state index contributed by atoms with van der Waals surface area (Å²) >= 11 is 13.6. The van der Waals surface area contributed by atoms with Gasteiger partial charge in [0.05, 0.1) is 27.2 Å². The van der Waals surface area contributed by atoms with Crippen molar-refractivity contribution in [3.63, 3.8) is 0 Å². The number of alkyl halides is 3. The van der Waals surface area contributed by atoms with Crippen molar-refractivity contribution >= 4 is 66.8 Å². The van der Waals surface area contributed by atoms with E-state index in [-0.39, 0.29) is 33.9 Å². The summed E-state index contributed by atoms with van der Waals surface area (Å²) in [5.74, 6) is -1.45. The number of thiazole rings is 1. The van der Waals surface area contributed by atoms with Crippen LogP contribution in [0.5, 0.6) is 5.75 Å². The molecule has 1 aliphatic heterocycles. The maximum Gasteiger partial charge on any atom is 0.434 e. The number of nitrogens with zero attached hydrogens (tertiary/aromatic N) is 2. The average Bonchev–Trinajstić information content (AvgIpc) is 3.27. The van der Waals surface area contributed by atoms with Crippen molar-refractivity contribution in [1.82, 2.24) is 4.57 Å². The van der Waals surface area contributed by atoms with E-state index in [4.69, 9.17) is 21.1 Å². The summed E-state index contributed by atoms with van der Waals surface area (Å²) in [5.41, 5.74) is -2.12. The summed E-state index contributed by atoms with van der Waals surface area (Å²) in [5, 5.41) is 0.307. The Morgan fingerprint density at radius 1 is 1.14 bits per heavy atom. The smallest absolute Gasteiger partial charge is 0.434 e. The number of ether oxygens (including phenoxy) is 2. The molecule has 0 amide bonds. The topological polar surface area (TPSA) is 69.9 Å². The third-order valence-corrected chi connectivity index (χ3v) is 8.72. The summed E-state index contributed by atoms with van der Waals surface area (Å²) in [6.07, 6.45) is -3.60. The zero-order valence-corrected chi connectivity index (χ0v) is 27.2. The van der Waals surface area contributed by atoms with Gasteiger partial charge in [0.2, 0.25) is 0 Å². The zero-order chi connectivity index (χ0) is 31.8. The van der Waals surface area contributed by atoms with Crippen LogP contribution in [-0.4, -0.2) is 23.3 Å². The molecule has 0 bridgehead atoms. The highest BCUT2D eigenvalue weighted by atomic mass is 79.9. The van der Waals surface area contributed by atoms with E-state index in [1.807, 2.05) is 0 Å². The second-order valence-corrected chi connectivity index (χ2v) is 12.5. The van der Waals surface area contributed by atoms with Gasteiger partial charge in [0, 0.05) is 20.6 Å². The molecule has 2 heterocycles. The lowest BCUT2D eigenvalue weighted by Gasteiger charge is -2.26. The van der Waals surface area contributed by atoms with Gasteiger partial charge >= 0.3 is 12.1 Å². The van der Waals surface area contributed by atoms with Crippen LogP contribution in [0.25, 0.3) is 6.08 Å². The lowest BCUT2D eigenvalue weighted by Crippen LogP contribution is -2.41. The summed E-state index contributed by atoms with van der Waals surface area (Å²) in [6.45, 7) is 1.13. The molecule has 0 radical (unpaired) electrons. The van der Waals surface area contributed by atoms with Crippen LogP contribution >= 0.6 is 54.8 Å². The number of esters is 1. The van der Waals surface area contributed by atoms with Crippen molar-refractivity contribution in [2.24, 2.45) is 4.99 Å². The minimum atomic E-state index is -5.04. The first-order valence-electron chi connectivity index (χ1n) is 12.8. The summed E-state index contributed by atoms with van der Waals surface area (Å²) in [4.78, 5) is 30.4. The Morgan fingerprint density at radius 2 is 1.84 bits per heavy atom. The zero-order valence-electron chi connectivity index (χ0n) is 22.4. The molecule has 14 heteroatoms. The fraction of sp³-hybridized carbons (Fsp3) is 0.167. The Bertz CT molecular complexity index is 1970. The number of halogens is 7. The van der Waals surface area contributed by atoms with Gasteiger partial charge in [-0.1, -0.05) is 69.2 Å². The quantitative estimate of drug-likeness (QED) is 0.147. The standard InChI is InChI=1S/C30H19Br2ClF4N2O4S/c1-2-42-28(41)23-24(15-7-9-19(33)10-8-15)39-27(40)22(44-29(39)38-26(23)30(35,36)37)12-17-11-18(31)13-20(32)25(17)43-14-16-5-3-4-6-21(16)34/h3-13,24H,2,14H2,1H3/b22-12-/t24-/m0/s1. The average molecular weight is 775 g/mol. The Hall–Kier alpha value is -3.26. The number of carbonyl (C=O) groups is 1. The molecule has 0 saturated heterocycles. The van der Waals surface area contributed by atoms with E-state index in [9.17, 15) is 27.2 Å². The molecule has 0 unspecified atom stereocenters. The predicted octanol–water partition coefficient (Wildman–Crippen LogP) is 7.24. The molecule has 3 aromatic carbocycles. The number of aromatic nitrogens is 1. The highest BCUT2D eigenvalue weighted by Gasteiger charge is 2.45. The Labute approximate surface area is 273 Å². The number of rotatable bonds is 7. The maximum atomic E-state index is 14.4. The van der Waals surface area contributed by atoms with Gasteiger partial charge in [0.25, 0.3) is 5.56 Å². The molecule has 4 aromatic rings. The van der Waals surface area contributed by atoms with Crippen LogP contribution in [0.1, 0.15) is 29.7 Å². The van der Waals surface area contributed by atoms with E-state index >= 15 is 0 Å². The number of allylic oxidation sites excluding steroid dienone is 1. The summed E-state index contributed by atoms with van der Waals surface area (Å²) < 4.78 is 70.4. The second-order valence-electron chi connectivity index (χ2n) is 9.30. The molecule has 0 N–H and O–H groups in total. The van der Waals surface area contributed by atoms with Crippen molar-refractivity contribution in [1.29, 1.82) is 0 Å². The Kier molecular flexibility index (Phi) is 9.49. The van der Waals surface area contributed by atoms with Crippen LogP contribution in [-0.2, 0) is 16.1 Å². The largest absolute Gasteiger partial charge is 0.487 e. The maximum absolute atomic E-state index is 14.4. The molecular formula is C30H19Br2ClF4N2O4S. The fourth-order valence-electron chi connectivity index (χ4n) is 4.55. The van der Waals surface area contributed by atoms with E-state index in [1.165, 1.54) is 43.3 Å². The molecule has 1 atom stereocenters. The summed E-state index contributed by atoms with van der Waals surface area (Å²) in [7, 11) is 0. The molecule has 6 nitrogen and oxygen atoms in total. The minimum absolute atomic E-state index is 0.00934. The van der Waals surface area contributed by atoms with Gasteiger partial charge in [-0.3, -0.25) is 9.36 Å². The molecule has 1 aromatic heterocycles. The fourth-order valence-corrected chi connectivity index (χ4v) is 7.04. The molecule has 0 saturated carbocycles. The first-order chi connectivity index (χ1) is 20.9. The van der Waals surface area contributed by atoms with Crippen LogP contribution in [0.4, 0.5) is 17.6 Å². The molecular weight excluding hydrogens is 756 g/mol. The Balaban J connectivity index is 1.72. The lowest BCUT2D eigenvalue weighted by atomic mass is 9.95. The highest BCUT2D eigenvalue weighted by molar-refractivity contribution is 9.11. The van der Waals surface area contributed by atoms with Gasteiger partial charge in [-0.2, -0.15) is 13.2 Å².